The normalized spacial score (nSPS) is 16.7. The molecule has 1 saturated heterocycles. The van der Waals surface area contributed by atoms with Gasteiger partial charge in [0.15, 0.2) is 0 Å². The lowest BCUT2D eigenvalue weighted by Crippen LogP contribution is -2.44. The third-order valence-corrected chi connectivity index (χ3v) is 5.55. The zero-order chi connectivity index (χ0) is 18.1. The molecule has 0 radical (unpaired) electrons. The Labute approximate surface area is 159 Å². The van der Waals surface area contributed by atoms with E-state index in [1.807, 2.05) is 18.2 Å². The number of hydrogen-bond acceptors (Lipinski definition) is 5. The molecule has 1 aromatic heterocycles. The molecule has 26 heavy (non-hydrogen) atoms. The molecule has 8 heteroatoms. The molecule has 1 amide bonds. The molecule has 2 aliphatic rings. The molecule has 0 bridgehead atoms. The van der Waals surface area contributed by atoms with E-state index >= 15 is 0 Å². The Morgan fingerprint density at radius 3 is 2.85 bits per heavy atom. The van der Waals surface area contributed by atoms with Crippen LogP contribution in [0, 0.1) is 0 Å². The Morgan fingerprint density at radius 1 is 1.23 bits per heavy atom. The van der Waals surface area contributed by atoms with Crippen LogP contribution in [-0.4, -0.2) is 48.6 Å². The lowest BCUT2D eigenvalue weighted by molar-refractivity contribution is -0.118. The number of nitrogens with zero attached hydrogens (tertiary/aromatic N) is 3. The first-order chi connectivity index (χ1) is 12.6. The van der Waals surface area contributed by atoms with E-state index in [0.717, 1.165) is 48.3 Å². The molecule has 1 aromatic carbocycles. The smallest absolute Gasteiger partial charge is 0.252 e. The predicted octanol–water partition coefficient (Wildman–Crippen LogP) is 1.07. The molecule has 0 saturated carbocycles. The van der Waals surface area contributed by atoms with Gasteiger partial charge in [-0.15, -0.1) is 0 Å². The van der Waals surface area contributed by atoms with E-state index in [9.17, 15) is 9.59 Å². The van der Waals surface area contributed by atoms with Crippen molar-refractivity contribution >= 4 is 33.3 Å². The fraction of sp³-hybridized carbons (Fsp3) is 0.389. The molecular formula is C18H20BrN5O2. The highest BCUT2D eigenvalue weighted by Gasteiger charge is 2.26. The van der Waals surface area contributed by atoms with Crippen LogP contribution in [0.4, 0.5) is 11.5 Å². The van der Waals surface area contributed by atoms with Gasteiger partial charge in [-0.1, -0.05) is 22.0 Å². The second kappa shape index (κ2) is 7.20. The van der Waals surface area contributed by atoms with Gasteiger partial charge in [0.05, 0.1) is 6.42 Å². The lowest BCUT2D eigenvalue weighted by atomic mass is 10.2. The van der Waals surface area contributed by atoms with Crippen molar-refractivity contribution in [3.63, 3.8) is 0 Å². The van der Waals surface area contributed by atoms with Crippen LogP contribution in [0.25, 0.3) is 0 Å². The molecule has 2 aromatic rings. The Bertz CT molecular complexity index is 891. The van der Waals surface area contributed by atoms with Gasteiger partial charge < -0.3 is 20.1 Å². The van der Waals surface area contributed by atoms with Crippen molar-refractivity contribution in [3.05, 3.63) is 50.5 Å². The molecule has 3 heterocycles. The van der Waals surface area contributed by atoms with Gasteiger partial charge in [-0.05, 0) is 24.1 Å². The van der Waals surface area contributed by atoms with E-state index in [2.05, 4.69) is 36.1 Å². The number of amides is 1. The number of anilines is 2. The number of carbonyl (C=O) groups excluding carboxylic acids is 1. The summed E-state index contributed by atoms with van der Waals surface area (Å²) in [5, 5.41) is 3.28. The molecule has 1 fully saturated rings. The van der Waals surface area contributed by atoms with E-state index in [1.165, 1.54) is 6.07 Å². The van der Waals surface area contributed by atoms with Crippen LogP contribution in [0.5, 0.6) is 0 Å². The van der Waals surface area contributed by atoms with Gasteiger partial charge in [-0.25, -0.2) is 4.98 Å². The second-order valence-corrected chi connectivity index (χ2v) is 7.35. The summed E-state index contributed by atoms with van der Waals surface area (Å²) in [4.78, 5) is 35.9. The first-order valence-electron chi connectivity index (χ1n) is 8.75. The predicted molar refractivity (Wildman–Crippen MR) is 104 cm³/mol. The largest absolute Gasteiger partial charge is 0.354 e. The topological polar surface area (TPSA) is 81.3 Å². The molecule has 136 valence electrons. The maximum absolute atomic E-state index is 12.8. The van der Waals surface area contributed by atoms with Gasteiger partial charge in [-0.2, -0.15) is 0 Å². The molecule has 2 aliphatic heterocycles. The molecule has 2 N–H and O–H groups in total. The summed E-state index contributed by atoms with van der Waals surface area (Å²) in [6, 6.07) is 7.38. The summed E-state index contributed by atoms with van der Waals surface area (Å²) in [5.74, 6) is 1.00. The highest BCUT2D eigenvalue weighted by molar-refractivity contribution is 9.10. The van der Waals surface area contributed by atoms with E-state index in [1.54, 1.807) is 4.90 Å². The molecule has 0 unspecified atom stereocenters. The van der Waals surface area contributed by atoms with Gasteiger partial charge in [0.25, 0.3) is 5.56 Å². The number of benzene rings is 1. The van der Waals surface area contributed by atoms with E-state index in [-0.39, 0.29) is 17.9 Å². The average molecular weight is 418 g/mol. The Hall–Kier alpha value is -2.19. The van der Waals surface area contributed by atoms with E-state index in [0.29, 0.717) is 18.2 Å². The first kappa shape index (κ1) is 17.2. The molecule has 0 spiro atoms. The summed E-state index contributed by atoms with van der Waals surface area (Å²) in [6.45, 7) is 3.98. The quantitative estimate of drug-likeness (QED) is 0.780. The zero-order valence-corrected chi connectivity index (χ0v) is 15.9. The van der Waals surface area contributed by atoms with Crippen LogP contribution >= 0.6 is 15.9 Å². The van der Waals surface area contributed by atoms with E-state index < -0.39 is 0 Å². The van der Waals surface area contributed by atoms with Crippen LogP contribution in [0.2, 0.25) is 0 Å². The summed E-state index contributed by atoms with van der Waals surface area (Å²) < 4.78 is 1.03. The molecule has 0 aliphatic carbocycles. The fourth-order valence-corrected chi connectivity index (χ4v) is 4.08. The number of halogens is 1. The minimum atomic E-state index is -0.221. The monoisotopic (exact) mass is 417 g/mol. The maximum Gasteiger partial charge on any atom is 0.252 e. The molecule has 7 nitrogen and oxygen atoms in total. The number of aromatic nitrogens is 2. The first-order valence-corrected chi connectivity index (χ1v) is 9.55. The lowest BCUT2D eigenvalue weighted by Gasteiger charge is -2.28. The molecule has 0 atom stereocenters. The van der Waals surface area contributed by atoms with Crippen molar-refractivity contribution in [2.75, 3.05) is 42.5 Å². The van der Waals surface area contributed by atoms with Crippen molar-refractivity contribution < 1.29 is 4.79 Å². The number of nitrogens with one attached hydrogen (secondary N) is 2. The standard InChI is InChI=1S/C18H20BrN5O2/c19-13-2-1-3-14-12(13)4-7-24(14)18(26)10-15-21-16(11-17(25)22-15)23-8-5-20-6-9-23/h1-3,11,20H,4-10H2,(H,21,22,25). The van der Waals surface area contributed by atoms with Crippen molar-refractivity contribution in [1.82, 2.24) is 15.3 Å². The van der Waals surface area contributed by atoms with Crippen molar-refractivity contribution in [2.45, 2.75) is 12.8 Å². The van der Waals surface area contributed by atoms with Crippen molar-refractivity contribution in [3.8, 4) is 0 Å². The highest BCUT2D eigenvalue weighted by atomic mass is 79.9. The summed E-state index contributed by atoms with van der Waals surface area (Å²) >= 11 is 3.55. The minimum absolute atomic E-state index is 0.0533. The van der Waals surface area contributed by atoms with Gasteiger partial charge in [0.1, 0.15) is 11.6 Å². The van der Waals surface area contributed by atoms with Gasteiger partial charge in [-0.3, -0.25) is 9.59 Å². The van der Waals surface area contributed by atoms with Gasteiger partial charge in [0.2, 0.25) is 5.91 Å². The SMILES string of the molecule is O=C(Cc1nc(N2CCNCC2)cc(=O)[nH]1)N1CCc2c(Br)cccc21. The third kappa shape index (κ3) is 3.39. The van der Waals surface area contributed by atoms with Gasteiger partial charge >= 0.3 is 0 Å². The van der Waals surface area contributed by atoms with Crippen LogP contribution in [0.3, 0.4) is 0 Å². The maximum atomic E-state index is 12.8. The number of aromatic amines is 1. The Balaban J connectivity index is 1.55. The summed E-state index contributed by atoms with van der Waals surface area (Å²) in [7, 11) is 0. The summed E-state index contributed by atoms with van der Waals surface area (Å²) in [5.41, 5.74) is 1.86. The van der Waals surface area contributed by atoms with Crippen molar-refractivity contribution in [1.29, 1.82) is 0 Å². The number of carbonyl (C=O) groups is 1. The highest BCUT2D eigenvalue weighted by Crippen LogP contribution is 2.33. The summed E-state index contributed by atoms with van der Waals surface area (Å²) in [6.07, 6.45) is 0.911. The number of piperazine rings is 1. The fourth-order valence-electron chi connectivity index (χ4n) is 3.52. The van der Waals surface area contributed by atoms with Gasteiger partial charge in [0, 0.05) is 49.0 Å². The van der Waals surface area contributed by atoms with Crippen LogP contribution in [-0.2, 0) is 17.6 Å². The minimum Gasteiger partial charge on any atom is -0.354 e. The second-order valence-electron chi connectivity index (χ2n) is 6.50. The number of fused-ring (bicyclic) bond motifs is 1. The van der Waals surface area contributed by atoms with E-state index in [4.69, 9.17) is 0 Å². The van der Waals surface area contributed by atoms with Crippen LogP contribution in [0.15, 0.2) is 33.5 Å². The number of hydrogen-bond donors (Lipinski definition) is 2. The Kier molecular flexibility index (Phi) is 4.78. The average Bonchev–Trinajstić information content (AvgIpc) is 3.07. The molecular weight excluding hydrogens is 398 g/mol. The number of H-pyrrole nitrogens is 1. The number of rotatable bonds is 3. The Morgan fingerprint density at radius 2 is 2.04 bits per heavy atom. The zero-order valence-electron chi connectivity index (χ0n) is 14.3. The molecule has 4 rings (SSSR count). The van der Waals surface area contributed by atoms with Crippen LogP contribution < -0.4 is 20.7 Å². The van der Waals surface area contributed by atoms with Crippen LogP contribution in [0.1, 0.15) is 11.4 Å². The third-order valence-electron chi connectivity index (χ3n) is 4.81. The van der Waals surface area contributed by atoms with Crippen molar-refractivity contribution in [2.24, 2.45) is 0 Å².